The van der Waals surface area contributed by atoms with Crippen molar-refractivity contribution in [1.82, 2.24) is 19.4 Å². The molecule has 6 nitrogen and oxygen atoms in total. The monoisotopic (exact) mass is 446 g/mol. The van der Waals surface area contributed by atoms with Gasteiger partial charge in [-0.1, -0.05) is 48.5 Å². The Morgan fingerprint density at radius 2 is 1.73 bits per heavy atom. The second kappa shape index (κ2) is 8.46. The van der Waals surface area contributed by atoms with Gasteiger partial charge in [-0.3, -0.25) is 9.59 Å². The molecule has 0 saturated carbocycles. The molecule has 5 rings (SSSR count). The van der Waals surface area contributed by atoms with Crippen LogP contribution in [0.5, 0.6) is 0 Å². The van der Waals surface area contributed by atoms with E-state index < -0.39 is 0 Å². The highest BCUT2D eigenvalue weighted by Gasteiger charge is 2.42. The molecule has 0 spiro atoms. The molecule has 0 N–H and O–H groups in total. The van der Waals surface area contributed by atoms with E-state index in [0.717, 1.165) is 29.9 Å². The Morgan fingerprint density at radius 3 is 2.45 bits per heavy atom. The summed E-state index contributed by atoms with van der Waals surface area (Å²) in [5, 5.41) is 0. The summed E-state index contributed by atoms with van der Waals surface area (Å²) in [6.45, 7) is 0.576. The van der Waals surface area contributed by atoms with Crippen molar-refractivity contribution >= 4 is 11.8 Å². The minimum absolute atomic E-state index is 0.00510. The number of fused-ring (bicyclic) bond motifs is 3. The summed E-state index contributed by atoms with van der Waals surface area (Å²) in [4.78, 5) is 34.6. The maximum atomic E-state index is 14.2. The number of hydrogen-bond donors (Lipinski definition) is 0. The topological polar surface area (TPSA) is 58.4 Å². The number of rotatable bonds is 4. The highest BCUT2D eigenvalue weighted by molar-refractivity contribution is 5.94. The third kappa shape index (κ3) is 3.81. The zero-order valence-electron chi connectivity index (χ0n) is 18.9. The average Bonchev–Trinajstić information content (AvgIpc) is 3.31. The van der Waals surface area contributed by atoms with Crippen LogP contribution in [0.3, 0.4) is 0 Å². The SMILES string of the molecule is CN(C)C(=O)c1nc(-c2ccccc2)n2c1C[C@@H]1CC[C@H](C2)N1C(=O)Cc1ccccc1F. The van der Waals surface area contributed by atoms with Gasteiger partial charge in [0.05, 0.1) is 18.2 Å². The summed E-state index contributed by atoms with van der Waals surface area (Å²) in [6, 6.07) is 16.3. The smallest absolute Gasteiger partial charge is 0.273 e. The van der Waals surface area contributed by atoms with Crippen molar-refractivity contribution in [2.45, 2.75) is 44.3 Å². The first-order chi connectivity index (χ1) is 15.9. The van der Waals surface area contributed by atoms with Crippen LogP contribution in [-0.4, -0.2) is 57.3 Å². The normalized spacial score (nSPS) is 19.2. The van der Waals surface area contributed by atoms with Crippen LogP contribution in [0.15, 0.2) is 54.6 Å². The third-order valence-corrected chi connectivity index (χ3v) is 6.74. The van der Waals surface area contributed by atoms with E-state index in [1.165, 1.54) is 6.07 Å². The van der Waals surface area contributed by atoms with Gasteiger partial charge in [0.15, 0.2) is 0 Å². The Bertz CT molecular complexity index is 1200. The van der Waals surface area contributed by atoms with Crippen LogP contribution in [0.25, 0.3) is 11.4 Å². The number of carbonyl (C=O) groups is 2. The molecular weight excluding hydrogens is 419 g/mol. The fourth-order valence-electron chi connectivity index (χ4n) is 5.16. The zero-order chi connectivity index (χ0) is 23.1. The van der Waals surface area contributed by atoms with Crippen LogP contribution in [0.4, 0.5) is 4.39 Å². The summed E-state index contributed by atoms with van der Waals surface area (Å²) in [7, 11) is 3.45. The number of aromatic nitrogens is 2. The van der Waals surface area contributed by atoms with Crippen molar-refractivity contribution in [3.63, 3.8) is 0 Å². The van der Waals surface area contributed by atoms with Crippen molar-refractivity contribution < 1.29 is 14.0 Å². The summed E-state index contributed by atoms with van der Waals surface area (Å²) in [5.41, 5.74) is 2.69. The number of hydrogen-bond acceptors (Lipinski definition) is 3. The molecule has 2 aliphatic heterocycles. The van der Waals surface area contributed by atoms with Crippen LogP contribution in [0.1, 0.15) is 34.6 Å². The van der Waals surface area contributed by atoms with Crippen LogP contribution >= 0.6 is 0 Å². The average molecular weight is 447 g/mol. The van der Waals surface area contributed by atoms with Gasteiger partial charge in [-0.05, 0) is 24.5 Å². The van der Waals surface area contributed by atoms with E-state index >= 15 is 0 Å². The van der Waals surface area contributed by atoms with Gasteiger partial charge in [0.25, 0.3) is 5.91 Å². The minimum atomic E-state index is -0.353. The van der Waals surface area contributed by atoms with Crippen molar-refractivity contribution in [3.8, 4) is 11.4 Å². The molecular formula is C26H27FN4O2. The van der Waals surface area contributed by atoms with Crippen LogP contribution < -0.4 is 0 Å². The van der Waals surface area contributed by atoms with E-state index in [2.05, 4.69) is 4.57 Å². The molecule has 2 atom stereocenters. The van der Waals surface area contributed by atoms with E-state index in [4.69, 9.17) is 4.98 Å². The molecule has 7 heteroatoms. The molecule has 2 amide bonds. The second-order valence-corrected chi connectivity index (χ2v) is 9.07. The van der Waals surface area contributed by atoms with Gasteiger partial charge in [0, 0.05) is 38.7 Å². The molecule has 1 saturated heterocycles. The van der Waals surface area contributed by atoms with E-state index in [1.54, 1.807) is 37.2 Å². The number of halogens is 1. The quantitative estimate of drug-likeness (QED) is 0.616. The maximum absolute atomic E-state index is 14.2. The Morgan fingerprint density at radius 1 is 1.03 bits per heavy atom. The molecule has 1 fully saturated rings. The highest BCUT2D eigenvalue weighted by atomic mass is 19.1. The zero-order valence-corrected chi connectivity index (χ0v) is 18.9. The molecule has 170 valence electrons. The summed E-state index contributed by atoms with van der Waals surface area (Å²) < 4.78 is 16.3. The van der Waals surface area contributed by atoms with E-state index in [1.807, 2.05) is 35.2 Å². The first kappa shape index (κ1) is 21.4. The largest absolute Gasteiger partial charge is 0.343 e. The summed E-state index contributed by atoms with van der Waals surface area (Å²) in [5.74, 6) is 0.203. The Balaban J connectivity index is 1.52. The fourth-order valence-corrected chi connectivity index (χ4v) is 5.16. The minimum Gasteiger partial charge on any atom is -0.343 e. The van der Waals surface area contributed by atoms with Crippen molar-refractivity contribution in [1.29, 1.82) is 0 Å². The molecule has 3 heterocycles. The lowest BCUT2D eigenvalue weighted by atomic mass is 10.0. The second-order valence-electron chi connectivity index (χ2n) is 9.07. The van der Waals surface area contributed by atoms with E-state index in [-0.39, 0.29) is 36.1 Å². The molecule has 2 bridgehead atoms. The molecule has 0 radical (unpaired) electrons. The lowest BCUT2D eigenvalue weighted by Crippen LogP contribution is -2.43. The van der Waals surface area contributed by atoms with Crippen LogP contribution in [0, 0.1) is 5.82 Å². The van der Waals surface area contributed by atoms with Gasteiger partial charge >= 0.3 is 0 Å². The van der Waals surface area contributed by atoms with E-state index in [9.17, 15) is 14.0 Å². The maximum Gasteiger partial charge on any atom is 0.273 e. The molecule has 2 aliphatic rings. The van der Waals surface area contributed by atoms with Gasteiger partial charge < -0.3 is 14.4 Å². The summed E-state index contributed by atoms with van der Waals surface area (Å²) in [6.07, 6.45) is 2.36. The predicted octanol–water partition coefficient (Wildman–Crippen LogP) is 3.55. The van der Waals surface area contributed by atoms with Gasteiger partial charge in [0.2, 0.25) is 5.91 Å². The number of amides is 2. The molecule has 1 aromatic heterocycles. The first-order valence-corrected chi connectivity index (χ1v) is 11.3. The van der Waals surface area contributed by atoms with Crippen LogP contribution in [0.2, 0.25) is 0 Å². The van der Waals surface area contributed by atoms with Gasteiger partial charge in [-0.15, -0.1) is 0 Å². The molecule has 0 unspecified atom stereocenters. The highest BCUT2D eigenvalue weighted by Crippen LogP contribution is 2.36. The lowest BCUT2D eigenvalue weighted by molar-refractivity contribution is -0.133. The van der Waals surface area contributed by atoms with Crippen molar-refractivity contribution in [2.24, 2.45) is 0 Å². The molecule has 33 heavy (non-hydrogen) atoms. The van der Waals surface area contributed by atoms with E-state index in [0.29, 0.717) is 24.2 Å². The Hall–Kier alpha value is -3.48. The van der Waals surface area contributed by atoms with Crippen molar-refractivity contribution in [3.05, 3.63) is 77.4 Å². The number of imidazole rings is 1. The first-order valence-electron chi connectivity index (χ1n) is 11.3. The Kier molecular flexibility index (Phi) is 5.48. The molecule has 0 aliphatic carbocycles. The fraction of sp³-hybridized carbons (Fsp3) is 0.346. The standard InChI is InChI=1S/C26H27FN4O2/c1-29(2)26(33)24-22-15-19-12-13-20(16-30(22)25(28-24)17-8-4-3-5-9-17)31(19)23(32)14-18-10-6-7-11-21(18)27/h3-11,19-20H,12-16H2,1-2H3/t19-,20+/m0/s1. The van der Waals surface area contributed by atoms with Crippen molar-refractivity contribution in [2.75, 3.05) is 14.1 Å². The summed E-state index contributed by atoms with van der Waals surface area (Å²) >= 11 is 0. The van der Waals surface area contributed by atoms with Gasteiger partial charge in [0.1, 0.15) is 17.3 Å². The molecule has 2 aromatic carbocycles. The van der Waals surface area contributed by atoms with Crippen LogP contribution in [-0.2, 0) is 24.2 Å². The number of carbonyl (C=O) groups excluding carboxylic acids is 2. The predicted molar refractivity (Wildman–Crippen MR) is 123 cm³/mol. The number of benzene rings is 2. The molecule has 3 aromatic rings. The lowest BCUT2D eigenvalue weighted by Gasteiger charge is -2.28. The third-order valence-electron chi connectivity index (χ3n) is 6.74. The Labute approximate surface area is 192 Å². The van der Waals surface area contributed by atoms with Gasteiger partial charge in [-0.25, -0.2) is 9.37 Å². The van der Waals surface area contributed by atoms with Gasteiger partial charge in [-0.2, -0.15) is 0 Å². The number of nitrogens with zero attached hydrogens (tertiary/aromatic N) is 4.